The van der Waals surface area contributed by atoms with Gasteiger partial charge in [0.2, 0.25) is 0 Å². The van der Waals surface area contributed by atoms with Gasteiger partial charge >= 0.3 is 0 Å². The number of aromatic nitrogens is 2. The van der Waals surface area contributed by atoms with E-state index in [0.717, 1.165) is 24.9 Å². The SMILES string of the molecule is CNCC1CCCN(S(=O)(=O)NCCc2cnn(C)c2)C1. The summed E-state index contributed by atoms with van der Waals surface area (Å²) < 4.78 is 30.6. The molecule has 0 aliphatic carbocycles. The fourth-order valence-corrected chi connectivity index (χ4v) is 4.04. The molecule has 0 bridgehead atoms. The molecular weight excluding hydrogens is 290 g/mol. The molecule has 0 saturated carbocycles. The van der Waals surface area contributed by atoms with Gasteiger partial charge in [0.05, 0.1) is 6.20 Å². The zero-order chi connectivity index (χ0) is 15.3. The number of aryl methyl sites for hydroxylation is 1. The standard InChI is InChI=1S/C13H25N5O2S/c1-14-8-12-4-3-7-18(11-12)21(19,20)16-6-5-13-9-15-17(2)10-13/h9-10,12,14,16H,3-8,11H2,1-2H3. The molecule has 0 aromatic carbocycles. The number of rotatable bonds is 7. The Labute approximate surface area is 126 Å². The molecule has 1 aromatic rings. The van der Waals surface area contributed by atoms with Crippen molar-refractivity contribution in [2.75, 3.05) is 33.2 Å². The first-order chi connectivity index (χ1) is 10.0. The molecule has 2 N–H and O–H groups in total. The highest BCUT2D eigenvalue weighted by molar-refractivity contribution is 7.87. The van der Waals surface area contributed by atoms with Gasteiger partial charge in [-0.2, -0.15) is 17.8 Å². The normalized spacial score (nSPS) is 20.8. The molecule has 1 aliphatic rings. The Morgan fingerprint density at radius 1 is 1.48 bits per heavy atom. The maximum atomic E-state index is 12.3. The van der Waals surface area contributed by atoms with Gasteiger partial charge in [-0.15, -0.1) is 0 Å². The molecule has 1 fully saturated rings. The van der Waals surface area contributed by atoms with Crippen molar-refractivity contribution in [3.05, 3.63) is 18.0 Å². The molecule has 0 amide bonds. The zero-order valence-corrected chi connectivity index (χ0v) is 13.6. The minimum absolute atomic E-state index is 0.402. The van der Waals surface area contributed by atoms with Crippen molar-refractivity contribution >= 4 is 10.2 Å². The summed E-state index contributed by atoms with van der Waals surface area (Å²) in [6, 6.07) is 0. The first-order valence-corrected chi connectivity index (χ1v) is 8.82. The molecule has 1 unspecified atom stereocenters. The molecule has 7 nitrogen and oxygen atoms in total. The summed E-state index contributed by atoms with van der Waals surface area (Å²) in [6.07, 6.45) is 6.33. The van der Waals surface area contributed by atoms with E-state index in [-0.39, 0.29) is 0 Å². The van der Waals surface area contributed by atoms with Crippen LogP contribution in [0.15, 0.2) is 12.4 Å². The molecule has 2 rings (SSSR count). The van der Waals surface area contributed by atoms with Gasteiger partial charge in [-0.25, -0.2) is 4.72 Å². The molecule has 0 spiro atoms. The van der Waals surface area contributed by atoms with Crippen LogP contribution in [0.1, 0.15) is 18.4 Å². The van der Waals surface area contributed by atoms with E-state index in [9.17, 15) is 8.42 Å². The van der Waals surface area contributed by atoms with Crippen molar-refractivity contribution in [3.63, 3.8) is 0 Å². The zero-order valence-electron chi connectivity index (χ0n) is 12.7. The van der Waals surface area contributed by atoms with Crippen LogP contribution in [-0.4, -0.2) is 55.7 Å². The Balaban J connectivity index is 1.83. The van der Waals surface area contributed by atoms with Crippen LogP contribution in [0.5, 0.6) is 0 Å². The minimum atomic E-state index is -3.37. The minimum Gasteiger partial charge on any atom is -0.319 e. The van der Waals surface area contributed by atoms with Crippen LogP contribution in [0.3, 0.4) is 0 Å². The summed E-state index contributed by atoms with van der Waals surface area (Å²) in [5.74, 6) is 0.402. The summed E-state index contributed by atoms with van der Waals surface area (Å²) in [5, 5.41) is 7.20. The third-order valence-electron chi connectivity index (χ3n) is 3.77. The van der Waals surface area contributed by atoms with Crippen molar-refractivity contribution in [1.29, 1.82) is 0 Å². The van der Waals surface area contributed by atoms with E-state index >= 15 is 0 Å². The highest BCUT2D eigenvalue weighted by Crippen LogP contribution is 2.17. The second-order valence-electron chi connectivity index (χ2n) is 5.60. The van der Waals surface area contributed by atoms with Crippen molar-refractivity contribution in [2.45, 2.75) is 19.3 Å². The van der Waals surface area contributed by atoms with Crippen LogP contribution in [0.2, 0.25) is 0 Å². The van der Waals surface area contributed by atoms with Gasteiger partial charge in [-0.1, -0.05) is 0 Å². The Morgan fingerprint density at radius 3 is 2.95 bits per heavy atom. The van der Waals surface area contributed by atoms with Crippen LogP contribution in [0.25, 0.3) is 0 Å². The molecule has 21 heavy (non-hydrogen) atoms. The topological polar surface area (TPSA) is 79.3 Å². The lowest BCUT2D eigenvalue weighted by molar-refractivity contribution is 0.261. The van der Waals surface area contributed by atoms with Crippen LogP contribution in [0.4, 0.5) is 0 Å². The second kappa shape index (κ2) is 7.35. The van der Waals surface area contributed by atoms with Gasteiger partial charge in [0.1, 0.15) is 0 Å². The Kier molecular flexibility index (Phi) is 5.74. The molecular formula is C13H25N5O2S. The average Bonchev–Trinajstić information content (AvgIpc) is 2.85. The van der Waals surface area contributed by atoms with E-state index < -0.39 is 10.2 Å². The van der Waals surface area contributed by atoms with Gasteiger partial charge in [-0.3, -0.25) is 4.68 Å². The Morgan fingerprint density at radius 2 is 2.29 bits per heavy atom. The number of nitrogens with zero attached hydrogens (tertiary/aromatic N) is 3. The Bertz CT molecular complexity index is 541. The Hall–Kier alpha value is -0.960. The van der Waals surface area contributed by atoms with E-state index in [0.29, 0.717) is 32.0 Å². The highest BCUT2D eigenvalue weighted by Gasteiger charge is 2.28. The molecule has 1 aromatic heterocycles. The fourth-order valence-electron chi connectivity index (χ4n) is 2.72. The first-order valence-electron chi connectivity index (χ1n) is 7.38. The van der Waals surface area contributed by atoms with E-state index in [4.69, 9.17) is 0 Å². The van der Waals surface area contributed by atoms with Crippen LogP contribution >= 0.6 is 0 Å². The maximum absolute atomic E-state index is 12.3. The third kappa shape index (κ3) is 4.77. The highest BCUT2D eigenvalue weighted by atomic mass is 32.2. The van der Waals surface area contributed by atoms with Gasteiger partial charge in [-0.05, 0) is 44.3 Å². The number of hydrogen-bond acceptors (Lipinski definition) is 4. The maximum Gasteiger partial charge on any atom is 0.279 e. The molecule has 1 saturated heterocycles. The summed E-state index contributed by atoms with van der Waals surface area (Å²) in [4.78, 5) is 0. The fraction of sp³-hybridized carbons (Fsp3) is 0.769. The molecule has 8 heteroatoms. The monoisotopic (exact) mass is 315 g/mol. The van der Waals surface area contributed by atoms with Crippen LogP contribution < -0.4 is 10.0 Å². The number of hydrogen-bond donors (Lipinski definition) is 2. The summed E-state index contributed by atoms with van der Waals surface area (Å²) in [5.41, 5.74) is 1.03. The first kappa shape index (κ1) is 16.4. The lowest BCUT2D eigenvalue weighted by Gasteiger charge is -2.31. The van der Waals surface area contributed by atoms with Gasteiger partial charge in [0.25, 0.3) is 10.2 Å². The van der Waals surface area contributed by atoms with E-state index in [1.807, 2.05) is 20.3 Å². The molecule has 1 atom stereocenters. The van der Waals surface area contributed by atoms with Crippen molar-refractivity contribution in [1.82, 2.24) is 24.1 Å². The average molecular weight is 315 g/mol. The quantitative estimate of drug-likeness (QED) is 0.726. The summed E-state index contributed by atoms with van der Waals surface area (Å²) in [7, 11) is 0.383. The molecule has 0 radical (unpaired) electrons. The van der Waals surface area contributed by atoms with Crippen molar-refractivity contribution in [2.24, 2.45) is 13.0 Å². The summed E-state index contributed by atoms with van der Waals surface area (Å²) >= 11 is 0. The molecule has 2 heterocycles. The molecule has 1 aliphatic heterocycles. The van der Waals surface area contributed by atoms with Gasteiger partial charge in [0, 0.05) is 32.9 Å². The largest absolute Gasteiger partial charge is 0.319 e. The predicted octanol–water partition coefficient (Wildman–Crippen LogP) is -0.272. The number of nitrogens with one attached hydrogen (secondary N) is 2. The van der Waals surface area contributed by atoms with Gasteiger partial charge < -0.3 is 5.32 Å². The van der Waals surface area contributed by atoms with Crippen molar-refractivity contribution in [3.8, 4) is 0 Å². The lowest BCUT2D eigenvalue weighted by atomic mass is 10.00. The van der Waals surface area contributed by atoms with E-state index in [1.54, 1.807) is 15.2 Å². The second-order valence-corrected chi connectivity index (χ2v) is 7.35. The summed E-state index contributed by atoms with van der Waals surface area (Å²) in [6.45, 7) is 2.48. The molecule has 120 valence electrons. The number of piperidine rings is 1. The lowest BCUT2D eigenvalue weighted by Crippen LogP contribution is -2.47. The third-order valence-corrected chi connectivity index (χ3v) is 5.35. The van der Waals surface area contributed by atoms with Crippen molar-refractivity contribution < 1.29 is 8.42 Å². The van der Waals surface area contributed by atoms with E-state index in [2.05, 4.69) is 15.1 Å². The predicted molar refractivity (Wildman–Crippen MR) is 82.1 cm³/mol. The van der Waals surface area contributed by atoms with E-state index in [1.165, 1.54) is 0 Å². The smallest absolute Gasteiger partial charge is 0.279 e. The van der Waals surface area contributed by atoms with Crippen LogP contribution in [-0.2, 0) is 23.7 Å². The van der Waals surface area contributed by atoms with Gasteiger partial charge in [0.15, 0.2) is 0 Å². The van der Waals surface area contributed by atoms with Crippen LogP contribution in [0, 0.1) is 5.92 Å².